The van der Waals surface area contributed by atoms with Gasteiger partial charge >= 0.3 is 0 Å². The molecule has 2 amide bonds. The fourth-order valence-corrected chi connectivity index (χ4v) is 4.24. The van der Waals surface area contributed by atoms with Crippen LogP contribution >= 0.6 is 0 Å². The number of piperidine rings is 1. The van der Waals surface area contributed by atoms with Crippen LogP contribution in [0.1, 0.15) is 48.5 Å². The van der Waals surface area contributed by atoms with Gasteiger partial charge in [-0.2, -0.15) is 0 Å². The van der Waals surface area contributed by atoms with Crippen molar-refractivity contribution in [1.29, 1.82) is 0 Å². The number of rotatable bonds is 4. The average Bonchev–Trinajstić information content (AvgIpc) is 3.47. The van der Waals surface area contributed by atoms with Crippen LogP contribution in [0.4, 0.5) is 0 Å². The van der Waals surface area contributed by atoms with E-state index in [-0.39, 0.29) is 11.8 Å². The summed E-state index contributed by atoms with van der Waals surface area (Å²) < 4.78 is 0. The van der Waals surface area contributed by atoms with Crippen molar-refractivity contribution in [1.82, 2.24) is 10.2 Å². The molecule has 1 atom stereocenters. The van der Waals surface area contributed by atoms with Crippen molar-refractivity contribution in [2.45, 2.75) is 45.6 Å². The zero-order chi connectivity index (χ0) is 19.7. The van der Waals surface area contributed by atoms with E-state index in [1.54, 1.807) is 6.92 Å². The highest BCUT2D eigenvalue weighted by Crippen LogP contribution is 2.53. The molecule has 1 heterocycles. The highest BCUT2D eigenvalue weighted by molar-refractivity contribution is 5.98. The maximum absolute atomic E-state index is 12.7. The number of nitrogens with one attached hydrogen (secondary N) is 1. The first kappa shape index (κ1) is 18.7. The van der Waals surface area contributed by atoms with Crippen molar-refractivity contribution >= 4 is 11.8 Å². The second-order valence-corrected chi connectivity index (χ2v) is 8.42. The predicted molar refractivity (Wildman–Crippen MR) is 111 cm³/mol. The minimum Gasteiger partial charge on any atom is -0.341 e. The Balaban J connectivity index is 1.39. The van der Waals surface area contributed by atoms with Crippen LogP contribution in [0, 0.1) is 12.3 Å². The van der Waals surface area contributed by atoms with E-state index in [1.165, 1.54) is 12.8 Å². The zero-order valence-electron chi connectivity index (χ0n) is 16.7. The van der Waals surface area contributed by atoms with Crippen LogP contribution in [0.25, 0.3) is 11.1 Å². The summed E-state index contributed by atoms with van der Waals surface area (Å²) in [5.74, 6) is -0.166. The van der Waals surface area contributed by atoms with Gasteiger partial charge in [0.1, 0.15) is 6.04 Å². The number of carbonyl (C=O) groups is 2. The number of hydrogen-bond acceptors (Lipinski definition) is 2. The molecule has 2 aromatic carbocycles. The van der Waals surface area contributed by atoms with E-state index in [1.807, 2.05) is 48.2 Å². The van der Waals surface area contributed by atoms with Gasteiger partial charge in [0.05, 0.1) is 0 Å². The smallest absolute Gasteiger partial charge is 0.251 e. The molecule has 0 bridgehead atoms. The van der Waals surface area contributed by atoms with E-state index in [0.717, 1.165) is 42.6 Å². The summed E-state index contributed by atoms with van der Waals surface area (Å²) in [5.41, 5.74) is 4.43. The quantitative estimate of drug-likeness (QED) is 0.870. The minimum absolute atomic E-state index is 0.0291. The monoisotopic (exact) mass is 376 g/mol. The molecule has 0 radical (unpaired) electrons. The fourth-order valence-electron chi connectivity index (χ4n) is 4.24. The van der Waals surface area contributed by atoms with Crippen LogP contribution in [0.3, 0.4) is 0 Å². The van der Waals surface area contributed by atoms with Gasteiger partial charge in [-0.1, -0.05) is 36.4 Å². The Hall–Kier alpha value is -2.62. The van der Waals surface area contributed by atoms with Gasteiger partial charge in [0.15, 0.2) is 0 Å². The van der Waals surface area contributed by atoms with Crippen molar-refractivity contribution in [2.75, 3.05) is 13.1 Å². The van der Waals surface area contributed by atoms with Crippen LogP contribution in [-0.2, 0) is 4.79 Å². The molecule has 2 fully saturated rings. The molecule has 4 nitrogen and oxygen atoms in total. The van der Waals surface area contributed by atoms with Crippen molar-refractivity contribution in [2.24, 2.45) is 5.41 Å². The summed E-state index contributed by atoms with van der Waals surface area (Å²) in [4.78, 5) is 27.3. The van der Waals surface area contributed by atoms with Gasteiger partial charge in [-0.25, -0.2) is 0 Å². The number of aryl methyl sites for hydroxylation is 1. The SMILES string of the molecule is Cc1cc(C(=O)N[C@@H](C)C(=O)N2CCC3(CC2)CC3)ccc1-c1ccccc1. The first-order chi connectivity index (χ1) is 13.5. The van der Waals surface area contributed by atoms with Gasteiger partial charge in [-0.15, -0.1) is 0 Å². The number of likely N-dealkylation sites (tertiary alicyclic amines) is 1. The maximum Gasteiger partial charge on any atom is 0.251 e. The summed E-state index contributed by atoms with van der Waals surface area (Å²) in [6.07, 6.45) is 4.86. The van der Waals surface area contributed by atoms with Crippen molar-refractivity contribution in [3.05, 3.63) is 59.7 Å². The number of nitrogens with zero attached hydrogens (tertiary/aromatic N) is 1. The van der Waals surface area contributed by atoms with E-state index in [4.69, 9.17) is 0 Å². The Kier molecular flexibility index (Phi) is 4.96. The lowest BCUT2D eigenvalue weighted by atomic mass is 9.93. The average molecular weight is 377 g/mol. The molecular formula is C24H28N2O2. The van der Waals surface area contributed by atoms with Crippen LogP contribution in [0.5, 0.6) is 0 Å². The van der Waals surface area contributed by atoms with Crippen LogP contribution in [0.15, 0.2) is 48.5 Å². The van der Waals surface area contributed by atoms with Gasteiger partial charge in [-0.3, -0.25) is 9.59 Å². The fraction of sp³-hybridized carbons (Fsp3) is 0.417. The van der Waals surface area contributed by atoms with E-state index < -0.39 is 6.04 Å². The molecule has 1 aliphatic carbocycles. The Morgan fingerprint density at radius 2 is 1.68 bits per heavy atom. The molecule has 1 saturated carbocycles. The van der Waals surface area contributed by atoms with E-state index in [2.05, 4.69) is 17.4 Å². The van der Waals surface area contributed by atoms with Crippen molar-refractivity contribution in [3.63, 3.8) is 0 Å². The second kappa shape index (κ2) is 7.42. The number of amides is 2. The van der Waals surface area contributed by atoms with E-state index in [0.29, 0.717) is 11.0 Å². The van der Waals surface area contributed by atoms with E-state index in [9.17, 15) is 9.59 Å². The molecule has 1 N–H and O–H groups in total. The highest BCUT2D eigenvalue weighted by Gasteiger charge is 2.45. The summed E-state index contributed by atoms with van der Waals surface area (Å²) in [5, 5.41) is 2.89. The van der Waals surface area contributed by atoms with Gasteiger partial charge in [-0.05, 0) is 73.8 Å². The molecule has 2 aliphatic rings. The molecular weight excluding hydrogens is 348 g/mol. The standard InChI is InChI=1S/C24H28N2O2/c1-17-16-20(8-9-21(17)19-6-4-3-5-7-19)22(27)25-18(2)23(28)26-14-12-24(10-11-24)13-15-26/h3-9,16,18H,10-15H2,1-2H3,(H,25,27)/t18-/m0/s1. The summed E-state index contributed by atoms with van der Waals surface area (Å²) in [6.45, 7) is 5.44. The van der Waals surface area contributed by atoms with Gasteiger partial charge in [0.2, 0.25) is 5.91 Å². The summed E-state index contributed by atoms with van der Waals surface area (Å²) in [7, 11) is 0. The van der Waals surface area contributed by atoms with E-state index >= 15 is 0 Å². The topological polar surface area (TPSA) is 49.4 Å². The van der Waals surface area contributed by atoms with Crippen molar-refractivity contribution < 1.29 is 9.59 Å². The zero-order valence-corrected chi connectivity index (χ0v) is 16.7. The highest BCUT2D eigenvalue weighted by atomic mass is 16.2. The molecule has 146 valence electrons. The number of carbonyl (C=O) groups excluding carboxylic acids is 2. The summed E-state index contributed by atoms with van der Waals surface area (Å²) >= 11 is 0. The van der Waals surface area contributed by atoms with Crippen LogP contribution < -0.4 is 5.32 Å². The minimum atomic E-state index is -0.505. The Morgan fingerprint density at radius 3 is 2.29 bits per heavy atom. The third kappa shape index (κ3) is 3.82. The third-order valence-electron chi connectivity index (χ3n) is 6.38. The lowest BCUT2D eigenvalue weighted by Crippen LogP contribution is -2.49. The molecule has 2 aromatic rings. The lowest BCUT2D eigenvalue weighted by Gasteiger charge is -2.33. The summed E-state index contributed by atoms with van der Waals surface area (Å²) in [6, 6.07) is 15.3. The predicted octanol–water partition coefficient (Wildman–Crippen LogP) is 4.18. The second-order valence-electron chi connectivity index (χ2n) is 8.42. The van der Waals surface area contributed by atoms with Gasteiger partial charge in [0, 0.05) is 18.7 Å². The van der Waals surface area contributed by atoms with Crippen LogP contribution in [-0.4, -0.2) is 35.8 Å². The van der Waals surface area contributed by atoms with Gasteiger partial charge in [0.25, 0.3) is 5.91 Å². The largest absolute Gasteiger partial charge is 0.341 e. The first-order valence-electron chi connectivity index (χ1n) is 10.2. The van der Waals surface area contributed by atoms with Crippen molar-refractivity contribution in [3.8, 4) is 11.1 Å². The molecule has 1 spiro atoms. The molecule has 0 unspecified atom stereocenters. The van der Waals surface area contributed by atoms with Crippen LogP contribution in [0.2, 0.25) is 0 Å². The maximum atomic E-state index is 12.7. The Labute approximate surface area is 166 Å². The third-order valence-corrected chi connectivity index (χ3v) is 6.38. The van der Waals surface area contributed by atoms with Gasteiger partial charge < -0.3 is 10.2 Å². The molecule has 4 heteroatoms. The number of hydrogen-bond donors (Lipinski definition) is 1. The molecule has 4 rings (SSSR count). The normalized spacial score (nSPS) is 18.6. The Bertz CT molecular complexity index is 877. The molecule has 0 aromatic heterocycles. The lowest BCUT2D eigenvalue weighted by molar-refractivity contribution is -0.134. The Morgan fingerprint density at radius 1 is 1.00 bits per heavy atom. The number of benzene rings is 2. The molecule has 28 heavy (non-hydrogen) atoms. The molecule has 1 aliphatic heterocycles. The first-order valence-corrected chi connectivity index (χ1v) is 10.2. The molecule has 1 saturated heterocycles.